The third-order valence-corrected chi connectivity index (χ3v) is 3.78. The van der Waals surface area contributed by atoms with Crippen LogP contribution in [0, 0.1) is 0 Å². The van der Waals surface area contributed by atoms with Gasteiger partial charge in [-0.2, -0.15) is 0 Å². The molecule has 0 saturated heterocycles. The largest absolute Gasteiger partial charge is 0.310 e. The highest BCUT2D eigenvalue weighted by Gasteiger charge is 2.09. The molecular weight excluding hydrogens is 226 g/mol. The first-order valence-corrected chi connectivity index (χ1v) is 7.76. The molecule has 0 aliphatic carbocycles. The van der Waals surface area contributed by atoms with Crippen molar-refractivity contribution in [3.8, 4) is 0 Å². The maximum absolute atomic E-state index is 3.58. The summed E-state index contributed by atoms with van der Waals surface area (Å²) in [4.78, 5) is 1.38. The average Bonchev–Trinajstić information content (AvgIpc) is 2.36. The molecule has 0 aliphatic heterocycles. The summed E-state index contributed by atoms with van der Waals surface area (Å²) >= 11 is 1.91. The van der Waals surface area contributed by atoms with E-state index in [9.17, 15) is 0 Å². The lowest BCUT2D eigenvalue weighted by Gasteiger charge is -2.18. The molecule has 1 aromatic carbocycles. The Balaban J connectivity index is 2.65. The molecule has 1 nitrogen and oxygen atoms in total. The van der Waals surface area contributed by atoms with Gasteiger partial charge in [-0.15, -0.1) is 11.8 Å². The van der Waals surface area contributed by atoms with Crippen LogP contribution in [0.15, 0.2) is 29.2 Å². The summed E-state index contributed by atoms with van der Waals surface area (Å²) in [5.74, 6) is 1.14. The van der Waals surface area contributed by atoms with E-state index in [1.54, 1.807) is 0 Å². The Bertz CT molecular complexity index is 294. The van der Waals surface area contributed by atoms with Gasteiger partial charge in [-0.1, -0.05) is 45.7 Å². The zero-order chi connectivity index (χ0) is 12.5. The van der Waals surface area contributed by atoms with E-state index in [-0.39, 0.29) is 0 Å². The lowest BCUT2D eigenvalue weighted by Crippen LogP contribution is -2.20. The summed E-state index contributed by atoms with van der Waals surface area (Å²) in [6.45, 7) is 7.67. The van der Waals surface area contributed by atoms with E-state index in [2.05, 4.69) is 50.4 Å². The van der Waals surface area contributed by atoms with Gasteiger partial charge in [0.15, 0.2) is 0 Å². The monoisotopic (exact) mass is 251 g/mol. The van der Waals surface area contributed by atoms with Crippen molar-refractivity contribution < 1.29 is 0 Å². The quantitative estimate of drug-likeness (QED) is 0.676. The van der Waals surface area contributed by atoms with Crippen LogP contribution in [0.1, 0.15) is 51.6 Å². The smallest absolute Gasteiger partial charge is 0.0320 e. The standard InChI is InChI=1S/C15H25NS/c1-4-7-8-15(16-5-2)13-9-11-14(12-10-13)17-6-3/h9-12,15-16H,4-8H2,1-3H3. The molecule has 0 spiro atoms. The molecule has 1 aromatic rings. The van der Waals surface area contributed by atoms with Crippen molar-refractivity contribution in [2.24, 2.45) is 0 Å². The first-order chi connectivity index (χ1) is 8.31. The number of unbranched alkanes of at least 4 members (excludes halogenated alkanes) is 1. The van der Waals surface area contributed by atoms with Crippen LogP contribution in [-0.2, 0) is 0 Å². The van der Waals surface area contributed by atoms with Crippen molar-refractivity contribution in [2.45, 2.75) is 51.0 Å². The Hall–Kier alpha value is -0.470. The maximum Gasteiger partial charge on any atom is 0.0320 e. The van der Waals surface area contributed by atoms with Crippen LogP contribution in [0.3, 0.4) is 0 Å². The van der Waals surface area contributed by atoms with E-state index in [0.717, 1.165) is 12.3 Å². The fraction of sp³-hybridized carbons (Fsp3) is 0.600. The predicted octanol–water partition coefficient (Wildman–Crippen LogP) is 4.64. The summed E-state index contributed by atoms with van der Waals surface area (Å²) in [5, 5.41) is 3.58. The van der Waals surface area contributed by atoms with E-state index >= 15 is 0 Å². The van der Waals surface area contributed by atoms with E-state index in [1.165, 1.54) is 29.7 Å². The van der Waals surface area contributed by atoms with Gasteiger partial charge in [0.05, 0.1) is 0 Å². The van der Waals surface area contributed by atoms with Crippen LogP contribution >= 0.6 is 11.8 Å². The molecule has 17 heavy (non-hydrogen) atoms. The highest BCUT2D eigenvalue weighted by atomic mass is 32.2. The maximum atomic E-state index is 3.58. The van der Waals surface area contributed by atoms with Crippen molar-refractivity contribution in [2.75, 3.05) is 12.3 Å². The minimum Gasteiger partial charge on any atom is -0.310 e. The number of thioether (sulfide) groups is 1. The van der Waals surface area contributed by atoms with Crippen LogP contribution in [0.4, 0.5) is 0 Å². The molecule has 1 rings (SSSR count). The lowest BCUT2D eigenvalue weighted by atomic mass is 10.0. The predicted molar refractivity (Wildman–Crippen MR) is 78.8 cm³/mol. The van der Waals surface area contributed by atoms with E-state index in [1.807, 2.05) is 11.8 Å². The van der Waals surface area contributed by atoms with Gasteiger partial charge in [0.1, 0.15) is 0 Å². The number of benzene rings is 1. The molecule has 96 valence electrons. The van der Waals surface area contributed by atoms with Gasteiger partial charge in [0.2, 0.25) is 0 Å². The van der Waals surface area contributed by atoms with E-state index in [4.69, 9.17) is 0 Å². The van der Waals surface area contributed by atoms with Crippen LogP contribution in [0.2, 0.25) is 0 Å². The van der Waals surface area contributed by atoms with Crippen molar-refractivity contribution in [1.82, 2.24) is 5.32 Å². The Kier molecular flexibility index (Phi) is 7.38. The zero-order valence-electron chi connectivity index (χ0n) is 11.3. The molecule has 0 radical (unpaired) electrons. The second-order valence-electron chi connectivity index (χ2n) is 4.25. The Labute approximate surface area is 110 Å². The minimum absolute atomic E-state index is 0.528. The van der Waals surface area contributed by atoms with Crippen molar-refractivity contribution >= 4 is 11.8 Å². The second kappa shape index (κ2) is 8.60. The minimum atomic E-state index is 0.528. The van der Waals surface area contributed by atoms with E-state index < -0.39 is 0 Å². The highest BCUT2D eigenvalue weighted by molar-refractivity contribution is 7.99. The molecule has 0 heterocycles. The molecule has 0 saturated carbocycles. The Morgan fingerprint density at radius 2 is 1.82 bits per heavy atom. The molecule has 2 heteroatoms. The van der Waals surface area contributed by atoms with Crippen molar-refractivity contribution in [3.05, 3.63) is 29.8 Å². The molecule has 1 N–H and O–H groups in total. The number of hydrogen-bond acceptors (Lipinski definition) is 2. The van der Waals surface area contributed by atoms with Gasteiger partial charge in [-0.25, -0.2) is 0 Å². The van der Waals surface area contributed by atoms with Gasteiger partial charge in [-0.3, -0.25) is 0 Å². The summed E-state index contributed by atoms with van der Waals surface area (Å²) in [5.41, 5.74) is 1.43. The first kappa shape index (κ1) is 14.6. The Morgan fingerprint density at radius 1 is 1.12 bits per heavy atom. The normalized spacial score (nSPS) is 12.6. The summed E-state index contributed by atoms with van der Waals surface area (Å²) in [6, 6.07) is 9.59. The van der Waals surface area contributed by atoms with Gasteiger partial charge in [-0.05, 0) is 36.4 Å². The topological polar surface area (TPSA) is 12.0 Å². The zero-order valence-corrected chi connectivity index (χ0v) is 12.1. The molecular formula is C15H25NS. The third kappa shape index (κ3) is 5.13. The highest BCUT2D eigenvalue weighted by Crippen LogP contribution is 2.23. The molecule has 0 fully saturated rings. The van der Waals surface area contributed by atoms with Gasteiger partial charge in [0.25, 0.3) is 0 Å². The molecule has 1 unspecified atom stereocenters. The molecule has 0 aliphatic rings. The van der Waals surface area contributed by atoms with Crippen LogP contribution in [-0.4, -0.2) is 12.3 Å². The van der Waals surface area contributed by atoms with Crippen molar-refractivity contribution in [1.29, 1.82) is 0 Å². The van der Waals surface area contributed by atoms with Crippen molar-refractivity contribution in [3.63, 3.8) is 0 Å². The second-order valence-corrected chi connectivity index (χ2v) is 5.59. The van der Waals surface area contributed by atoms with Crippen LogP contribution < -0.4 is 5.32 Å². The van der Waals surface area contributed by atoms with Gasteiger partial charge in [0, 0.05) is 10.9 Å². The SMILES string of the molecule is CCCCC(NCC)c1ccc(SCC)cc1. The molecule has 0 bridgehead atoms. The van der Waals surface area contributed by atoms with Gasteiger partial charge >= 0.3 is 0 Å². The molecule has 0 aromatic heterocycles. The third-order valence-electron chi connectivity index (χ3n) is 2.89. The summed E-state index contributed by atoms with van der Waals surface area (Å²) in [7, 11) is 0. The van der Waals surface area contributed by atoms with Gasteiger partial charge < -0.3 is 5.32 Å². The van der Waals surface area contributed by atoms with Crippen LogP contribution in [0.5, 0.6) is 0 Å². The number of nitrogens with one attached hydrogen (secondary N) is 1. The molecule has 0 amide bonds. The fourth-order valence-corrected chi connectivity index (χ4v) is 2.67. The summed E-state index contributed by atoms with van der Waals surface area (Å²) < 4.78 is 0. The summed E-state index contributed by atoms with van der Waals surface area (Å²) in [6.07, 6.45) is 3.80. The first-order valence-electron chi connectivity index (χ1n) is 6.77. The Morgan fingerprint density at radius 3 is 2.35 bits per heavy atom. The van der Waals surface area contributed by atoms with E-state index in [0.29, 0.717) is 6.04 Å². The average molecular weight is 251 g/mol. The molecule has 1 atom stereocenters. The fourth-order valence-electron chi connectivity index (χ4n) is 2.00. The number of rotatable bonds is 8. The lowest BCUT2D eigenvalue weighted by molar-refractivity contribution is 0.494. The number of hydrogen-bond donors (Lipinski definition) is 1. The van der Waals surface area contributed by atoms with Crippen LogP contribution in [0.25, 0.3) is 0 Å².